The minimum absolute atomic E-state index is 0.0218. The predicted octanol–water partition coefficient (Wildman–Crippen LogP) is 3.44. The molecule has 1 aliphatic heterocycles. The molecule has 1 amide bonds. The molecule has 1 N–H and O–H groups in total. The molecule has 0 bridgehead atoms. The number of ether oxygens (including phenoxy) is 2. The Morgan fingerprint density at radius 3 is 2.83 bits per heavy atom. The Hall–Kier alpha value is -2.14. The van der Waals surface area contributed by atoms with E-state index in [0.717, 1.165) is 22.0 Å². The highest BCUT2D eigenvalue weighted by atomic mass is 32.2. The molecular weight excluding hydrogens is 310 g/mol. The fraction of sp³-hybridized carbons (Fsp3) is 0.278. The van der Waals surface area contributed by atoms with Crippen LogP contribution in [0.4, 0.5) is 0 Å². The Morgan fingerprint density at radius 1 is 1.13 bits per heavy atom. The lowest BCUT2D eigenvalue weighted by atomic mass is 10.2. The van der Waals surface area contributed by atoms with Crippen LogP contribution in [0.3, 0.4) is 0 Å². The second-order valence-corrected chi connectivity index (χ2v) is 6.54. The number of amides is 1. The van der Waals surface area contributed by atoms with E-state index in [0.29, 0.717) is 12.3 Å². The van der Waals surface area contributed by atoms with Gasteiger partial charge in [0.2, 0.25) is 12.7 Å². The first-order valence-electron chi connectivity index (χ1n) is 7.47. The van der Waals surface area contributed by atoms with E-state index >= 15 is 0 Å². The monoisotopic (exact) mass is 329 g/mol. The summed E-state index contributed by atoms with van der Waals surface area (Å²) in [7, 11) is 0. The van der Waals surface area contributed by atoms with E-state index in [-0.39, 0.29) is 12.7 Å². The van der Waals surface area contributed by atoms with Gasteiger partial charge in [-0.3, -0.25) is 4.79 Å². The molecule has 0 aliphatic carbocycles. The highest BCUT2D eigenvalue weighted by Gasteiger charge is 2.13. The molecule has 23 heavy (non-hydrogen) atoms. The Labute approximate surface area is 140 Å². The van der Waals surface area contributed by atoms with Crippen molar-refractivity contribution >= 4 is 17.7 Å². The predicted molar refractivity (Wildman–Crippen MR) is 91.1 cm³/mol. The fourth-order valence-corrected chi connectivity index (χ4v) is 3.26. The maximum Gasteiger partial charge on any atom is 0.231 e. The van der Waals surface area contributed by atoms with Crippen molar-refractivity contribution in [3.05, 3.63) is 53.1 Å². The first kappa shape index (κ1) is 15.7. The van der Waals surface area contributed by atoms with Gasteiger partial charge in [-0.15, -0.1) is 11.8 Å². The van der Waals surface area contributed by atoms with Crippen molar-refractivity contribution in [2.75, 3.05) is 12.5 Å². The highest BCUT2D eigenvalue weighted by molar-refractivity contribution is 8.00. The molecule has 0 fully saturated rings. The molecular formula is C18H19NO3S. The van der Waals surface area contributed by atoms with Crippen LogP contribution in [-0.4, -0.2) is 18.5 Å². The van der Waals surface area contributed by atoms with Gasteiger partial charge in [0.1, 0.15) is 0 Å². The summed E-state index contributed by atoms with van der Waals surface area (Å²) >= 11 is 1.57. The molecule has 3 rings (SSSR count). The molecule has 0 saturated carbocycles. The van der Waals surface area contributed by atoms with Gasteiger partial charge in [0.25, 0.3) is 0 Å². The number of carbonyl (C=O) groups excluding carboxylic acids is 1. The van der Waals surface area contributed by atoms with E-state index in [1.807, 2.05) is 18.2 Å². The van der Waals surface area contributed by atoms with Crippen molar-refractivity contribution in [3.63, 3.8) is 0 Å². The van der Waals surface area contributed by atoms with Gasteiger partial charge in [0.05, 0.1) is 5.75 Å². The van der Waals surface area contributed by atoms with Crippen molar-refractivity contribution in [2.45, 2.75) is 25.3 Å². The summed E-state index contributed by atoms with van der Waals surface area (Å²) in [5.41, 5.74) is 3.40. The molecule has 2 aromatic carbocycles. The first-order valence-corrected chi connectivity index (χ1v) is 8.45. The second kappa shape index (κ2) is 6.96. The third-order valence-electron chi connectivity index (χ3n) is 3.63. The van der Waals surface area contributed by atoms with Crippen molar-refractivity contribution in [1.29, 1.82) is 0 Å². The van der Waals surface area contributed by atoms with Gasteiger partial charge in [-0.05, 0) is 43.2 Å². The molecule has 2 aromatic rings. The molecule has 0 radical (unpaired) electrons. The quantitative estimate of drug-likeness (QED) is 0.854. The molecule has 0 unspecified atom stereocenters. The fourth-order valence-electron chi connectivity index (χ4n) is 2.31. The van der Waals surface area contributed by atoms with Gasteiger partial charge in [0, 0.05) is 11.4 Å². The van der Waals surface area contributed by atoms with E-state index in [2.05, 4.69) is 37.4 Å². The van der Waals surface area contributed by atoms with E-state index < -0.39 is 0 Å². The van der Waals surface area contributed by atoms with Crippen LogP contribution in [0.5, 0.6) is 11.5 Å². The SMILES string of the molecule is Cc1ccc(C)c(SCC(=O)NCc2ccc3c(c2)OCO3)c1. The lowest BCUT2D eigenvalue weighted by Crippen LogP contribution is -2.24. The summed E-state index contributed by atoms with van der Waals surface area (Å²) in [4.78, 5) is 13.2. The van der Waals surface area contributed by atoms with E-state index in [9.17, 15) is 4.79 Å². The zero-order valence-electron chi connectivity index (χ0n) is 13.2. The minimum Gasteiger partial charge on any atom is -0.454 e. The number of nitrogens with one attached hydrogen (secondary N) is 1. The van der Waals surface area contributed by atoms with Crippen molar-refractivity contribution in [1.82, 2.24) is 5.32 Å². The Bertz CT molecular complexity index is 730. The van der Waals surface area contributed by atoms with Crippen LogP contribution in [0, 0.1) is 13.8 Å². The molecule has 4 nitrogen and oxygen atoms in total. The summed E-state index contributed by atoms with van der Waals surface area (Å²) in [5.74, 6) is 1.93. The summed E-state index contributed by atoms with van der Waals surface area (Å²) in [6.07, 6.45) is 0. The summed E-state index contributed by atoms with van der Waals surface area (Å²) < 4.78 is 10.6. The van der Waals surface area contributed by atoms with Gasteiger partial charge in [-0.1, -0.05) is 23.8 Å². The minimum atomic E-state index is 0.0218. The number of hydrogen-bond acceptors (Lipinski definition) is 4. The Kier molecular flexibility index (Phi) is 4.76. The van der Waals surface area contributed by atoms with Crippen LogP contribution in [0.15, 0.2) is 41.3 Å². The summed E-state index contributed by atoms with van der Waals surface area (Å²) in [5, 5.41) is 2.94. The second-order valence-electron chi connectivity index (χ2n) is 5.52. The number of fused-ring (bicyclic) bond motifs is 1. The lowest BCUT2D eigenvalue weighted by Gasteiger charge is -2.08. The van der Waals surface area contributed by atoms with Crippen LogP contribution >= 0.6 is 11.8 Å². The molecule has 0 spiro atoms. The number of rotatable bonds is 5. The summed E-state index contributed by atoms with van der Waals surface area (Å²) in [6.45, 7) is 4.87. The molecule has 5 heteroatoms. The average molecular weight is 329 g/mol. The largest absolute Gasteiger partial charge is 0.454 e. The third-order valence-corrected chi connectivity index (χ3v) is 4.79. The average Bonchev–Trinajstić information content (AvgIpc) is 3.01. The molecule has 120 valence electrons. The topological polar surface area (TPSA) is 47.6 Å². The standard InChI is InChI=1S/C18H19NO3S/c1-12-3-4-13(2)17(7-12)23-10-18(20)19-9-14-5-6-15-16(8-14)22-11-21-15/h3-8H,9-11H2,1-2H3,(H,19,20). The van der Waals surface area contributed by atoms with Crippen LogP contribution < -0.4 is 14.8 Å². The Morgan fingerprint density at radius 2 is 1.96 bits per heavy atom. The normalized spacial score (nSPS) is 12.3. The molecule has 1 heterocycles. The maximum atomic E-state index is 12.0. The zero-order valence-corrected chi connectivity index (χ0v) is 14.0. The number of carbonyl (C=O) groups is 1. The van der Waals surface area contributed by atoms with Crippen molar-refractivity contribution < 1.29 is 14.3 Å². The molecule has 0 atom stereocenters. The number of hydrogen-bond donors (Lipinski definition) is 1. The number of benzene rings is 2. The Balaban J connectivity index is 1.51. The van der Waals surface area contributed by atoms with E-state index in [4.69, 9.17) is 9.47 Å². The number of aryl methyl sites for hydroxylation is 2. The van der Waals surface area contributed by atoms with Gasteiger partial charge in [-0.2, -0.15) is 0 Å². The van der Waals surface area contributed by atoms with Crippen LogP contribution in [-0.2, 0) is 11.3 Å². The highest BCUT2D eigenvalue weighted by Crippen LogP contribution is 2.32. The van der Waals surface area contributed by atoms with Gasteiger partial charge < -0.3 is 14.8 Å². The third kappa shape index (κ3) is 3.99. The van der Waals surface area contributed by atoms with Crippen molar-refractivity contribution in [2.24, 2.45) is 0 Å². The zero-order chi connectivity index (χ0) is 16.2. The maximum absolute atomic E-state index is 12.0. The number of thioether (sulfide) groups is 1. The van der Waals surface area contributed by atoms with E-state index in [1.165, 1.54) is 11.1 Å². The van der Waals surface area contributed by atoms with Crippen LogP contribution in [0.2, 0.25) is 0 Å². The van der Waals surface area contributed by atoms with Crippen molar-refractivity contribution in [3.8, 4) is 11.5 Å². The molecule has 1 aliphatic rings. The van der Waals surface area contributed by atoms with Crippen LogP contribution in [0.1, 0.15) is 16.7 Å². The van der Waals surface area contributed by atoms with Gasteiger partial charge >= 0.3 is 0 Å². The molecule has 0 aromatic heterocycles. The van der Waals surface area contributed by atoms with Crippen LogP contribution in [0.25, 0.3) is 0 Å². The van der Waals surface area contributed by atoms with Gasteiger partial charge in [0.15, 0.2) is 11.5 Å². The molecule has 0 saturated heterocycles. The lowest BCUT2D eigenvalue weighted by molar-refractivity contribution is -0.118. The smallest absolute Gasteiger partial charge is 0.231 e. The first-order chi connectivity index (χ1) is 11.1. The van der Waals surface area contributed by atoms with Gasteiger partial charge in [-0.25, -0.2) is 0 Å². The van der Waals surface area contributed by atoms with E-state index in [1.54, 1.807) is 11.8 Å². The summed E-state index contributed by atoms with van der Waals surface area (Å²) in [6, 6.07) is 12.0.